The van der Waals surface area contributed by atoms with E-state index in [2.05, 4.69) is 65.7 Å². The molecule has 0 aliphatic carbocycles. The summed E-state index contributed by atoms with van der Waals surface area (Å²) in [6.45, 7) is 3.72. The van der Waals surface area contributed by atoms with E-state index in [0.717, 1.165) is 74.2 Å². The van der Waals surface area contributed by atoms with Gasteiger partial charge in [0.25, 0.3) is 0 Å². The standard InChI is InChI=1S/C27H30N8O2.ClH/c36-27-29-24-17-20-16-22(9-10-23(20)28-26(24)30-27)37-15-5-4-8-25-31-32-33-35(25)21-11-13-34(14-12-21)18-19-6-2-1-3-7-19;/h1-3,6-7,9-10,16-17,21H,4-5,8,11-15,18H2,(H2,28,29,30,36);1H. The number of fused-ring (bicyclic) bond motifs is 2. The average Bonchev–Trinajstić information content (AvgIpc) is 3.53. The number of hydrogen-bond acceptors (Lipinski definition) is 7. The van der Waals surface area contributed by atoms with Crippen molar-refractivity contribution >= 4 is 34.5 Å². The van der Waals surface area contributed by atoms with Crippen LogP contribution in [0, 0.1) is 0 Å². The van der Waals surface area contributed by atoms with Crippen molar-refractivity contribution in [2.24, 2.45) is 0 Å². The Morgan fingerprint density at radius 2 is 1.84 bits per heavy atom. The van der Waals surface area contributed by atoms with Crippen LogP contribution in [0.5, 0.6) is 5.75 Å². The summed E-state index contributed by atoms with van der Waals surface area (Å²) >= 11 is 0. The van der Waals surface area contributed by atoms with Crippen molar-refractivity contribution in [1.29, 1.82) is 0 Å². The lowest BCUT2D eigenvalue weighted by atomic mass is 10.0. The van der Waals surface area contributed by atoms with Gasteiger partial charge in [-0.3, -0.25) is 9.88 Å². The number of benzene rings is 2. The molecule has 2 N–H and O–H groups in total. The third-order valence-corrected chi connectivity index (χ3v) is 7.04. The zero-order chi connectivity index (χ0) is 25.0. The Labute approximate surface area is 225 Å². The summed E-state index contributed by atoms with van der Waals surface area (Å²) in [7, 11) is 0. The quantitative estimate of drug-likeness (QED) is 0.274. The molecule has 0 atom stereocenters. The van der Waals surface area contributed by atoms with Crippen LogP contribution in [0.15, 0.2) is 59.4 Å². The number of aryl methyl sites for hydroxylation is 1. The number of nitrogens with one attached hydrogen (secondary N) is 2. The average molecular weight is 535 g/mol. The minimum Gasteiger partial charge on any atom is -0.494 e. The molecule has 1 fully saturated rings. The molecule has 0 spiro atoms. The zero-order valence-electron chi connectivity index (χ0n) is 21.0. The van der Waals surface area contributed by atoms with Crippen molar-refractivity contribution in [3.05, 3.63) is 76.5 Å². The number of pyridine rings is 1. The summed E-state index contributed by atoms with van der Waals surface area (Å²) in [5, 5.41) is 13.5. The molecule has 38 heavy (non-hydrogen) atoms. The largest absolute Gasteiger partial charge is 0.494 e. The predicted molar refractivity (Wildman–Crippen MR) is 148 cm³/mol. The fraction of sp³-hybridized carbons (Fsp3) is 0.370. The van der Waals surface area contributed by atoms with Crippen molar-refractivity contribution in [3.63, 3.8) is 0 Å². The number of hydrogen-bond donors (Lipinski definition) is 2. The molecule has 4 heterocycles. The third-order valence-electron chi connectivity index (χ3n) is 7.04. The number of ether oxygens (including phenoxy) is 1. The zero-order valence-corrected chi connectivity index (χ0v) is 21.9. The molecular formula is C27H31ClN8O2. The summed E-state index contributed by atoms with van der Waals surface area (Å²) in [5.74, 6) is 1.75. The van der Waals surface area contributed by atoms with E-state index in [9.17, 15) is 4.79 Å². The molecule has 1 aliphatic rings. The lowest BCUT2D eigenvalue weighted by Crippen LogP contribution is -2.35. The van der Waals surface area contributed by atoms with E-state index < -0.39 is 0 Å². The Hall–Kier alpha value is -3.76. The van der Waals surface area contributed by atoms with Crippen molar-refractivity contribution in [2.45, 2.75) is 44.7 Å². The molecule has 6 rings (SSSR count). The summed E-state index contributed by atoms with van der Waals surface area (Å²) in [5.41, 5.74) is 3.17. The molecule has 198 valence electrons. The lowest BCUT2D eigenvalue weighted by molar-refractivity contribution is 0.170. The van der Waals surface area contributed by atoms with E-state index in [4.69, 9.17) is 4.74 Å². The van der Waals surface area contributed by atoms with Gasteiger partial charge in [-0.05, 0) is 65.9 Å². The number of rotatable bonds is 9. The van der Waals surface area contributed by atoms with Crippen LogP contribution in [0.1, 0.15) is 43.1 Å². The van der Waals surface area contributed by atoms with Crippen molar-refractivity contribution in [1.82, 2.24) is 40.1 Å². The van der Waals surface area contributed by atoms with Gasteiger partial charge in [-0.15, -0.1) is 17.5 Å². The Morgan fingerprint density at radius 3 is 2.68 bits per heavy atom. The maximum atomic E-state index is 11.5. The van der Waals surface area contributed by atoms with Crippen LogP contribution in [-0.2, 0) is 13.0 Å². The maximum absolute atomic E-state index is 11.5. The number of tetrazole rings is 1. The lowest BCUT2D eigenvalue weighted by Gasteiger charge is -2.32. The highest BCUT2D eigenvalue weighted by Gasteiger charge is 2.23. The number of aromatic amines is 2. The number of unbranched alkanes of at least 4 members (excludes halogenated alkanes) is 1. The minimum atomic E-state index is -0.256. The van der Waals surface area contributed by atoms with Crippen molar-refractivity contribution in [2.75, 3.05) is 19.7 Å². The van der Waals surface area contributed by atoms with Crippen LogP contribution >= 0.6 is 12.4 Å². The van der Waals surface area contributed by atoms with Gasteiger partial charge in [-0.25, -0.2) is 14.5 Å². The SMILES string of the molecule is Cl.O=c1[nH]c2cc3cc(OCCCCc4nnnn4C4CCN(Cc5ccccc5)CC4)ccc3nc2[nH]1. The van der Waals surface area contributed by atoms with Crippen molar-refractivity contribution < 1.29 is 4.74 Å². The number of imidazole rings is 1. The van der Waals surface area contributed by atoms with Crippen molar-refractivity contribution in [3.8, 4) is 5.75 Å². The molecule has 5 aromatic rings. The normalized spacial score (nSPS) is 14.6. The van der Waals surface area contributed by atoms with E-state index in [1.165, 1.54) is 5.56 Å². The smallest absolute Gasteiger partial charge is 0.325 e. The van der Waals surface area contributed by atoms with Gasteiger partial charge in [-0.1, -0.05) is 30.3 Å². The fourth-order valence-corrected chi connectivity index (χ4v) is 5.10. The minimum absolute atomic E-state index is 0. The molecule has 10 nitrogen and oxygen atoms in total. The van der Waals surface area contributed by atoms with Gasteiger partial charge in [0.2, 0.25) is 0 Å². The summed E-state index contributed by atoms with van der Waals surface area (Å²) in [6, 6.07) is 18.7. The number of halogens is 1. The summed E-state index contributed by atoms with van der Waals surface area (Å²) in [4.78, 5) is 23.9. The van der Waals surface area contributed by atoms with Gasteiger partial charge in [0.05, 0.1) is 23.7 Å². The first-order valence-corrected chi connectivity index (χ1v) is 12.9. The van der Waals surface area contributed by atoms with Crippen LogP contribution in [-0.4, -0.2) is 59.8 Å². The number of likely N-dealkylation sites (tertiary alicyclic amines) is 1. The van der Waals surface area contributed by atoms with E-state index >= 15 is 0 Å². The van der Waals surface area contributed by atoms with E-state index in [1.807, 2.05) is 28.9 Å². The number of nitrogens with zero attached hydrogens (tertiary/aromatic N) is 6. The monoisotopic (exact) mass is 534 g/mol. The third kappa shape index (κ3) is 5.87. The molecule has 0 bridgehead atoms. The number of piperidine rings is 1. The number of aromatic nitrogens is 7. The van der Waals surface area contributed by atoms with Crippen LogP contribution in [0.2, 0.25) is 0 Å². The Balaban J connectivity index is 0.00000294. The van der Waals surface area contributed by atoms with E-state index in [-0.39, 0.29) is 18.1 Å². The highest BCUT2D eigenvalue weighted by atomic mass is 35.5. The molecule has 11 heteroatoms. The van der Waals surface area contributed by atoms with Gasteiger partial charge in [-0.2, -0.15) is 0 Å². The van der Waals surface area contributed by atoms with Crippen LogP contribution in [0.4, 0.5) is 0 Å². The molecule has 1 saturated heterocycles. The highest BCUT2D eigenvalue weighted by molar-refractivity contribution is 5.90. The Morgan fingerprint density at radius 1 is 1.00 bits per heavy atom. The van der Waals surface area contributed by atoms with Crippen LogP contribution < -0.4 is 10.4 Å². The predicted octanol–water partition coefficient (Wildman–Crippen LogP) is 4.05. The van der Waals surface area contributed by atoms with E-state index in [1.54, 1.807) is 0 Å². The molecule has 2 aromatic carbocycles. The second kappa shape index (κ2) is 11.7. The molecule has 0 unspecified atom stereocenters. The highest BCUT2D eigenvalue weighted by Crippen LogP contribution is 2.25. The fourth-order valence-electron chi connectivity index (χ4n) is 5.10. The van der Waals surface area contributed by atoms with Crippen LogP contribution in [0.25, 0.3) is 22.1 Å². The Kier molecular flexibility index (Phi) is 8.00. The molecular weight excluding hydrogens is 504 g/mol. The second-order valence-corrected chi connectivity index (χ2v) is 9.66. The molecule has 0 amide bonds. The van der Waals surface area contributed by atoms with E-state index in [0.29, 0.717) is 23.8 Å². The molecule has 0 saturated carbocycles. The molecule has 3 aromatic heterocycles. The first kappa shape index (κ1) is 25.9. The Bertz CT molecular complexity index is 1540. The molecule has 1 aliphatic heterocycles. The van der Waals surface area contributed by atoms with Gasteiger partial charge >= 0.3 is 5.69 Å². The van der Waals surface area contributed by atoms with Crippen LogP contribution in [0.3, 0.4) is 0 Å². The topological polar surface area (TPSA) is 118 Å². The van der Waals surface area contributed by atoms with Gasteiger partial charge in [0, 0.05) is 31.4 Å². The molecule has 0 radical (unpaired) electrons. The van der Waals surface area contributed by atoms with Gasteiger partial charge in [0.15, 0.2) is 11.5 Å². The summed E-state index contributed by atoms with van der Waals surface area (Å²) < 4.78 is 8.03. The second-order valence-electron chi connectivity index (χ2n) is 9.66. The van der Waals surface area contributed by atoms with Gasteiger partial charge in [0.1, 0.15) is 5.75 Å². The first-order chi connectivity index (χ1) is 18.2. The maximum Gasteiger partial charge on any atom is 0.325 e. The van der Waals surface area contributed by atoms with Gasteiger partial charge < -0.3 is 9.72 Å². The summed E-state index contributed by atoms with van der Waals surface area (Å²) in [6.07, 6.45) is 4.82. The number of H-pyrrole nitrogens is 2. The first-order valence-electron chi connectivity index (χ1n) is 12.9.